The molecule has 0 saturated carbocycles. The summed E-state index contributed by atoms with van der Waals surface area (Å²) in [5.41, 5.74) is 1.81. The minimum atomic E-state index is -0.326. The number of hydrogen-bond acceptors (Lipinski definition) is 2. The Hall–Kier alpha value is -1.72. The number of benzene rings is 2. The van der Waals surface area contributed by atoms with E-state index in [1.165, 1.54) is 29.8 Å². The highest BCUT2D eigenvalue weighted by molar-refractivity contribution is 9.10. The predicted molar refractivity (Wildman–Crippen MR) is 96.3 cm³/mol. The van der Waals surface area contributed by atoms with E-state index in [1.807, 2.05) is 0 Å². The maximum Gasteiger partial charge on any atom is 0.251 e. The lowest BCUT2D eigenvalue weighted by molar-refractivity contribution is 0.0909. The van der Waals surface area contributed by atoms with Crippen LogP contribution in [0.4, 0.5) is 4.39 Å². The second-order valence-electron chi connectivity index (χ2n) is 6.16. The molecule has 0 aromatic heterocycles. The first-order chi connectivity index (χ1) is 11.6. The van der Waals surface area contributed by atoms with Crippen LogP contribution in [0, 0.1) is 5.82 Å². The standard InChI is InChI=1S/C19H20BrFN2O/c20-16-5-1-14(2-6-16)13-23-11-9-18(10-12-23)22-19(24)15-3-7-17(21)8-4-15/h1-8,18H,9-13H2,(H,22,24). The van der Waals surface area contributed by atoms with Crippen molar-refractivity contribution >= 4 is 21.8 Å². The van der Waals surface area contributed by atoms with Crippen molar-refractivity contribution in [3.63, 3.8) is 0 Å². The molecule has 1 fully saturated rings. The molecule has 1 aliphatic heterocycles. The van der Waals surface area contributed by atoms with Crippen LogP contribution in [0.3, 0.4) is 0 Å². The average Bonchev–Trinajstić information content (AvgIpc) is 2.59. The fraction of sp³-hybridized carbons (Fsp3) is 0.316. The van der Waals surface area contributed by atoms with Crippen molar-refractivity contribution in [2.75, 3.05) is 13.1 Å². The van der Waals surface area contributed by atoms with Crippen molar-refractivity contribution in [1.82, 2.24) is 10.2 Å². The van der Waals surface area contributed by atoms with E-state index >= 15 is 0 Å². The molecule has 1 amide bonds. The Morgan fingerprint density at radius 1 is 1.08 bits per heavy atom. The lowest BCUT2D eigenvalue weighted by atomic mass is 10.0. The summed E-state index contributed by atoms with van der Waals surface area (Å²) in [5.74, 6) is -0.450. The summed E-state index contributed by atoms with van der Waals surface area (Å²) in [6, 6.07) is 14.2. The second kappa shape index (κ2) is 7.90. The normalized spacial score (nSPS) is 16.1. The summed E-state index contributed by atoms with van der Waals surface area (Å²) in [5, 5.41) is 3.05. The number of nitrogens with one attached hydrogen (secondary N) is 1. The van der Waals surface area contributed by atoms with Crippen molar-refractivity contribution < 1.29 is 9.18 Å². The van der Waals surface area contributed by atoms with Crippen LogP contribution in [-0.4, -0.2) is 29.9 Å². The molecule has 1 heterocycles. The van der Waals surface area contributed by atoms with Gasteiger partial charge >= 0.3 is 0 Å². The van der Waals surface area contributed by atoms with Gasteiger partial charge in [0.05, 0.1) is 0 Å². The minimum absolute atomic E-state index is 0.124. The lowest BCUT2D eigenvalue weighted by Gasteiger charge is -2.32. The van der Waals surface area contributed by atoms with E-state index in [0.717, 1.165) is 36.9 Å². The molecule has 0 radical (unpaired) electrons. The van der Waals surface area contributed by atoms with Crippen molar-refractivity contribution in [3.05, 3.63) is 69.9 Å². The predicted octanol–water partition coefficient (Wildman–Crippen LogP) is 3.98. The number of carbonyl (C=O) groups is 1. The Bertz CT molecular complexity index is 680. The zero-order valence-corrected chi connectivity index (χ0v) is 14.9. The van der Waals surface area contributed by atoms with Crippen LogP contribution >= 0.6 is 15.9 Å². The quantitative estimate of drug-likeness (QED) is 0.855. The number of rotatable bonds is 4. The SMILES string of the molecule is O=C(NC1CCN(Cc2ccc(Br)cc2)CC1)c1ccc(F)cc1. The van der Waals surface area contributed by atoms with Crippen molar-refractivity contribution in [2.45, 2.75) is 25.4 Å². The summed E-state index contributed by atoms with van der Waals surface area (Å²) in [4.78, 5) is 14.6. The molecule has 24 heavy (non-hydrogen) atoms. The third-order valence-electron chi connectivity index (χ3n) is 4.35. The van der Waals surface area contributed by atoms with Crippen molar-refractivity contribution in [3.8, 4) is 0 Å². The monoisotopic (exact) mass is 390 g/mol. The molecule has 0 aliphatic carbocycles. The molecule has 1 saturated heterocycles. The van der Waals surface area contributed by atoms with Gasteiger partial charge in [-0.15, -0.1) is 0 Å². The van der Waals surface area contributed by atoms with Gasteiger partial charge in [0, 0.05) is 35.7 Å². The molecular weight excluding hydrogens is 371 g/mol. The fourth-order valence-corrected chi connectivity index (χ4v) is 3.22. The molecule has 0 unspecified atom stereocenters. The van der Waals surface area contributed by atoms with Crippen LogP contribution in [-0.2, 0) is 6.54 Å². The maximum atomic E-state index is 12.9. The van der Waals surface area contributed by atoms with E-state index in [2.05, 4.69) is 50.4 Å². The van der Waals surface area contributed by atoms with Crippen LogP contribution in [0.15, 0.2) is 53.0 Å². The van der Waals surface area contributed by atoms with Gasteiger partial charge in [-0.3, -0.25) is 9.69 Å². The minimum Gasteiger partial charge on any atom is -0.349 e. The summed E-state index contributed by atoms with van der Waals surface area (Å²) in [6.07, 6.45) is 1.87. The van der Waals surface area contributed by atoms with Gasteiger partial charge in [-0.05, 0) is 54.8 Å². The van der Waals surface area contributed by atoms with Gasteiger partial charge < -0.3 is 5.32 Å². The first kappa shape index (κ1) is 17.1. The molecule has 0 bridgehead atoms. The third-order valence-corrected chi connectivity index (χ3v) is 4.88. The van der Waals surface area contributed by atoms with Crippen LogP contribution in [0.1, 0.15) is 28.8 Å². The smallest absolute Gasteiger partial charge is 0.251 e. The van der Waals surface area contributed by atoms with Crippen molar-refractivity contribution in [1.29, 1.82) is 0 Å². The van der Waals surface area contributed by atoms with E-state index in [-0.39, 0.29) is 17.8 Å². The maximum absolute atomic E-state index is 12.9. The molecular formula is C19H20BrFN2O. The Morgan fingerprint density at radius 2 is 1.71 bits per heavy atom. The van der Waals surface area contributed by atoms with Gasteiger partial charge in [-0.25, -0.2) is 4.39 Å². The third kappa shape index (κ3) is 4.65. The summed E-state index contributed by atoms with van der Waals surface area (Å²) < 4.78 is 14.0. The first-order valence-corrected chi connectivity index (χ1v) is 8.93. The summed E-state index contributed by atoms with van der Waals surface area (Å²) in [6.45, 7) is 2.86. The molecule has 2 aromatic carbocycles. The number of likely N-dealkylation sites (tertiary alicyclic amines) is 1. The number of piperidine rings is 1. The molecule has 0 atom stereocenters. The molecule has 3 nitrogen and oxygen atoms in total. The molecule has 1 aliphatic rings. The number of amides is 1. The Balaban J connectivity index is 1.47. The average molecular weight is 391 g/mol. The Kier molecular flexibility index (Phi) is 5.63. The van der Waals surface area contributed by atoms with E-state index in [4.69, 9.17) is 0 Å². The van der Waals surface area contributed by atoms with Crippen LogP contribution in [0.5, 0.6) is 0 Å². The zero-order valence-electron chi connectivity index (χ0n) is 13.3. The highest BCUT2D eigenvalue weighted by atomic mass is 79.9. The molecule has 1 N–H and O–H groups in total. The summed E-state index contributed by atoms with van der Waals surface area (Å²) >= 11 is 3.45. The van der Waals surface area contributed by atoms with Gasteiger partial charge in [0.2, 0.25) is 0 Å². The number of halogens is 2. The zero-order chi connectivity index (χ0) is 16.9. The molecule has 0 spiro atoms. The summed E-state index contributed by atoms with van der Waals surface area (Å²) in [7, 11) is 0. The highest BCUT2D eigenvalue weighted by Crippen LogP contribution is 2.16. The number of hydrogen-bond donors (Lipinski definition) is 1. The van der Waals surface area contributed by atoms with Gasteiger partial charge in [0.15, 0.2) is 0 Å². The Morgan fingerprint density at radius 3 is 2.33 bits per heavy atom. The first-order valence-electron chi connectivity index (χ1n) is 8.13. The van der Waals surface area contributed by atoms with Gasteiger partial charge in [0.25, 0.3) is 5.91 Å². The van der Waals surface area contributed by atoms with Gasteiger partial charge in [-0.2, -0.15) is 0 Å². The number of carbonyl (C=O) groups excluding carboxylic acids is 1. The number of nitrogens with zero attached hydrogens (tertiary/aromatic N) is 1. The van der Waals surface area contributed by atoms with Crippen molar-refractivity contribution in [2.24, 2.45) is 0 Å². The largest absolute Gasteiger partial charge is 0.349 e. The van der Waals surface area contributed by atoms with E-state index < -0.39 is 0 Å². The highest BCUT2D eigenvalue weighted by Gasteiger charge is 2.21. The molecule has 5 heteroatoms. The lowest BCUT2D eigenvalue weighted by Crippen LogP contribution is -2.44. The topological polar surface area (TPSA) is 32.3 Å². The fourth-order valence-electron chi connectivity index (χ4n) is 2.95. The van der Waals surface area contributed by atoms with Crippen LogP contribution < -0.4 is 5.32 Å². The molecule has 2 aromatic rings. The molecule has 3 rings (SSSR count). The van der Waals surface area contributed by atoms with E-state index in [9.17, 15) is 9.18 Å². The van der Waals surface area contributed by atoms with Gasteiger partial charge in [-0.1, -0.05) is 28.1 Å². The molecule has 126 valence electrons. The van der Waals surface area contributed by atoms with E-state index in [1.54, 1.807) is 0 Å². The van der Waals surface area contributed by atoms with E-state index in [0.29, 0.717) is 5.56 Å². The second-order valence-corrected chi connectivity index (χ2v) is 7.07. The van der Waals surface area contributed by atoms with Crippen LogP contribution in [0.2, 0.25) is 0 Å². The Labute approximate surface area is 150 Å². The van der Waals surface area contributed by atoms with Gasteiger partial charge in [0.1, 0.15) is 5.82 Å². The van der Waals surface area contributed by atoms with Crippen LogP contribution in [0.25, 0.3) is 0 Å².